The fourth-order valence-corrected chi connectivity index (χ4v) is 2.26. The van der Waals surface area contributed by atoms with Crippen LogP contribution in [0, 0.1) is 11.8 Å². The zero-order chi connectivity index (χ0) is 10.6. The van der Waals surface area contributed by atoms with Crippen LogP contribution in [0.1, 0.15) is 52.9 Å². The summed E-state index contributed by atoms with van der Waals surface area (Å²) < 4.78 is 0. The van der Waals surface area contributed by atoms with Crippen LogP contribution in [-0.4, -0.2) is 11.9 Å². The Hall–Kier alpha value is -0.530. The molecule has 1 aliphatic rings. The Morgan fingerprint density at radius 1 is 1.14 bits per heavy atom. The van der Waals surface area contributed by atoms with Crippen molar-refractivity contribution in [3.63, 3.8) is 0 Å². The summed E-state index contributed by atoms with van der Waals surface area (Å²) in [7, 11) is 0. The number of nitrogens with one attached hydrogen (secondary N) is 1. The maximum Gasteiger partial charge on any atom is 0.223 e. The summed E-state index contributed by atoms with van der Waals surface area (Å²) in [6, 6.07) is 0.272. The molecule has 1 N–H and O–H groups in total. The first-order valence-corrected chi connectivity index (χ1v) is 5.91. The second-order valence-corrected chi connectivity index (χ2v) is 4.85. The van der Waals surface area contributed by atoms with Crippen LogP contribution in [-0.2, 0) is 4.79 Å². The van der Waals surface area contributed by atoms with E-state index in [9.17, 15) is 4.79 Å². The van der Waals surface area contributed by atoms with Gasteiger partial charge in [-0.1, -0.05) is 26.2 Å². The molecule has 0 saturated heterocycles. The molecule has 1 rings (SSSR count). The second-order valence-electron chi connectivity index (χ2n) is 4.85. The quantitative estimate of drug-likeness (QED) is 0.740. The highest BCUT2D eigenvalue weighted by Crippen LogP contribution is 2.29. The largest absolute Gasteiger partial charge is 0.354 e. The zero-order valence-corrected chi connectivity index (χ0v) is 9.68. The number of rotatable bonds is 3. The fourth-order valence-electron chi connectivity index (χ4n) is 2.26. The number of carbonyl (C=O) groups is 1. The van der Waals surface area contributed by atoms with Crippen molar-refractivity contribution in [2.75, 3.05) is 0 Å². The average Bonchev–Trinajstić information content (AvgIpc) is 2.17. The molecule has 1 saturated carbocycles. The molecule has 0 aromatic rings. The van der Waals surface area contributed by atoms with Crippen LogP contribution >= 0.6 is 0 Å². The minimum absolute atomic E-state index is 0.206. The summed E-state index contributed by atoms with van der Waals surface area (Å²) in [5.74, 6) is 1.08. The number of hydrogen-bond acceptors (Lipinski definition) is 1. The first kappa shape index (κ1) is 11.5. The Bertz CT molecular complexity index is 183. The average molecular weight is 197 g/mol. The van der Waals surface area contributed by atoms with Crippen LogP contribution in [0.5, 0.6) is 0 Å². The summed E-state index contributed by atoms with van der Waals surface area (Å²) >= 11 is 0. The van der Waals surface area contributed by atoms with E-state index in [-0.39, 0.29) is 17.9 Å². The minimum atomic E-state index is 0.206. The maximum absolute atomic E-state index is 11.7. The molecule has 0 heterocycles. The van der Waals surface area contributed by atoms with Gasteiger partial charge < -0.3 is 5.32 Å². The zero-order valence-electron chi connectivity index (χ0n) is 9.68. The molecule has 0 radical (unpaired) electrons. The van der Waals surface area contributed by atoms with Crippen molar-refractivity contribution >= 4 is 5.91 Å². The van der Waals surface area contributed by atoms with Crippen LogP contribution in [0.15, 0.2) is 0 Å². The van der Waals surface area contributed by atoms with Gasteiger partial charge in [-0.15, -0.1) is 0 Å². The van der Waals surface area contributed by atoms with Crippen molar-refractivity contribution in [3.8, 4) is 0 Å². The third-order valence-electron chi connectivity index (χ3n) is 3.20. The molecule has 82 valence electrons. The second kappa shape index (κ2) is 5.38. The molecule has 14 heavy (non-hydrogen) atoms. The first-order valence-electron chi connectivity index (χ1n) is 5.91. The number of amides is 1. The van der Waals surface area contributed by atoms with Gasteiger partial charge in [-0.3, -0.25) is 4.79 Å². The van der Waals surface area contributed by atoms with Crippen molar-refractivity contribution in [2.45, 2.75) is 58.9 Å². The molecule has 1 fully saturated rings. The van der Waals surface area contributed by atoms with E-state index in [0.29, 0.717) is 5.92 Å². The van der Waals surface area contributed by atoms with Gasteiger partial charge >= 0.3 is 0 Å². The molecule has 1 amide bonds. The molecular weight excluding hydrogens is 174 g/mol. The molecule has 2 heteroatoms. The lowest BCUT2D eigenvalue weighted by molar-refractivity contribution is -0.127. The molecule has 0 aromatic carbocycles. The van der Waals surface area contributed by atoms with Crippen molar-refractivity contribution in [3.05, 3.63) is 0 Å². The van der Waals surface area contributed by atoms with Gasteiger partial charge in [-0.05, 0) is 32.6 Å². The normalized spacial score (nSPS) is 20.9. The van der Waals surface area contributed by atoms with Gasteiger partial charge in [-0.25, -0.2) is 0 Å². The van der Waals surface area contributed by atoms with E-state index in [1.807, 2.05) is 13.8 Å². The number of hydrogen-bond donors (Lipinski definition) is 1. The van der Waals surface area contributed by atoms with Gasteiger partial charge in [0.1, 0.15) is 0 Å². The lowest BCUT2D eigenvalue weighted by atomic mass is 9.80. The molecule has 0 aliphatic heterocycles. The van der Waals surface area contributed by atoms with Gasteiger partial charge in [0.05, 0.1) is 0 Å². The van der Waals surface area contributed by atoms with Gasteiger partial charge in [0.15, 0.2) is 0 Å². The Balaban J connectivity index is 2.38. The van der Waals surface area contributed by atoms with E-state index in [0.717, 1.165) is 0 Å². The van der Waals surface area contributed by atoms with E-state index >= 15 is 0 Å². The van der Waals surface area contributed by atoms with Crippen molar-refractivity contribution < 1.29 is 4.79 Å². The summed E-state index contributed by atoms with van der Waals surface area (Å²) in [5.41, 5.74) is 0. The summed E-state index contributed by atoms with van der Waals surface area (Å²) in [4.78, 5) is 11.7. The van der Waals surface area contributed by atoms with E-state index < -0.39 is 0 Å². The van der Waals surface area contributed by atoms with Crippen LogP contribution in [0.3, 0.4) is 0 Å². The molecule has 1 aliphatic carbocycles. The molecule has 1 unspecified atom stereocenters. The van der Waals surface area contributed by atoms with E-state index in [2.05, 4.69) is 12.2 Å². The van der Waals surface area contributed by atoms with Crippen LogP contribution in [0.2, 0.25) is 0 Å². The molecular formula is C12H23NO. The Morgan fingerprint density at radius 3 is 2.21 bits per heavy atom. The van der Waals surface area contributed by atoms with Gasteiger partial charge in [0.25, 0.3) is 0 Å². The molecule has 0 spiro atoms. The molecule has 2 nitrogen and oxygen atoms in total. The fraction of sp³-hybridized carbons (Fsp3) is 0.917. The Morgan fingerprint density at radius 2 is 1.71 bits per heavy atom. The third-order valence-corrected chi connectivity index (χ3v) is 3.20. The topological polar surface area (TPSA) is 29.1 Å². The van der Waals surface area contributed by atoms with E-state index in [1.54, 1.807) is 0 Å². The highest BCUT2D eigenvalue weighted by Gasteiger charge is 2.25. The lowest BCUT2D eigenvalue weighted by Crippen LogP contribution is -2.37. The van der Waals surface area contributed by atoms with E-state index in [4.69, 9.17) is 0 Å². The predicted molar refractivity (Wildman–Crippen MR) is 59.0 cm³/mol. The third kappa shape index (κ3) is 3.32. The number of carbonyl (C=O) groups excluding carboxylic acids is 1. The van der Waals surface area contributed by atoms with Gasteiger partial charge in [-0.2, -0.15) is 0 Å². The highest BCUT2D eigenvalue weighted by molar-refractivity contribution is 5.78. The summed E-state index contributed by atoms with van der Waals surface area (Å²) in [6.45, 7) is 6.12. The molecule has 0 bridgehead atoms. The summed E-state index contributed by atoms with van der Waals surface area (Å²) in [6.07, 6.45) is 6.46. The maximum atomic E-state index is 11.7. The van der Waals surface area contributed by atoms with Crippen molar-refractivity contribution in [1.29, 1.82) is 0 Å². The highest BCUT2D eigenvalue weighted by atomic mass is 16.1. The monoisotopic (exact) mass is 197 g/mol. The van der Waals surface area contributed by atoms with Crippen molar-refractivity contribution in [1.82, 2.24) is 5.32 Å². The van der Waals surface area contributed by atoms with Gasteiger partial charge in [0, 0.05) is 12.0 Å². The smallest absolute Gasteiger partial charge is 0.223 e. The SMILES string of the molecule is CC(C)NC(=O)C(C)C1CCCCC1. The Kier molecular flexibility index (Phi) is 4.43. The lowest BCUT2D eigenvalue weighted by Gasteiger charge is -2.27. The first-order chi connectivity index (χ1) is 6.61. The van der Waals surface area contributed by atoms with Gasteiger partial charge in [0.2, 0.25) is 5.91 Å². The molecule has 1 atom stereocenters. The van der Waals surface area contributed by atoms with Crippen LogP contribution < -0.4 is 5.32 Å². The molecule has 0 aromatic heterocycles. The van der Waals surface area contributed by atoms with Crippen LogP contribution in [0.4, 0.5) is 0 Å². The standard InChI is InChI=1S/C12H23NO/c1-9(2)13-12(14)10(3)11-7-5-4-6-8-11/h9-11H,4-8H2,1-3H3,(H,13,14). The van der Waals surface area contributed by atoms with Crippen molar-refractivity contribution in [2.24, 2.45) is 11.8 Å². The van der Waals surface area contributed by atoms with Crippen LogP contribution in [0.25, 0.3) is 0 Å². The summed E-state index contributed by atoms with van der Waals surface area (Å²) in [5, 5.41) is 3.00. The van der Waals surface area contributed by atoms with E-state index in [1.165, 1.54) is 32.1 Å². The Labute approximate surface area is 87.5 Å². The minimum Gasteiger partial charge on any atom is -0.354 e. The predicted octanol–water partition coefficient (Wildman–Crippen LogP) is 2.73.